The van der Waals surface area contributed by atoms with E-state index in [9.17, 15) is 14.5 Å². The standard InChI is InChI=1S/C23H24FN5O3/c1-16(2)17-7-9-18(10-8-17)32-23-21(29(30)31)22(25-15-26-23)28-13-11-27(12-14-28)20-6-4-3-5-19(20)24/h3-10,15-16H,11-14H2,1-2H3. The van der Waals surface area contributed by atoms with Crippen LogP contribution in [0.15, 0.2) is 54.9 Å². The average molecular weight is 437 g/mol. The molecular formula is C23H24FN5O3. The molecule has 32 heavy (non-hydrogen) atoms. The maximum Gasteiger partial charge on any atom is 0.373 e. The Hall–Kier alpha value is -3.75. The fourth-order valence-corrected chi connectivity index (χ4v) is 3.72. The zero-order valence-corrected chi connectivity index (χ0v) is 17.9. The van der Waals surface area contributed by atoms with Crippen LogP contribution in [0, 0.1) is 15.9 Å². The number of piperazine rings is 1. The van der Waals surface area contributed by atoms with Crippen molar-refractivity contribution in [2.24, 2.45) is 0 Å². The van der Waals surface area contributed by atoms with Crippen molar-refractivity contribution < 1.29 is 14.1 Å². The summed E-state index contributed by atoms with van der Waals surface area (Å²) < 4.78 is 19.9. The van der Waals surface area contributed by atoms with E-state index in [4.69, 9.17) is 4.74 Å². The van der Waals surface area contributed by atoms with Gasteiger partial charge in [-0.3, -0.25) is 10.1 Å². The van der Waals surface area contributed by atoms with Crippen LogP contribution in [0.1, 0.15) is 25.3 Å². The Kier molecular flexibility index (Phi) is 6.16. The molecule has 0 N–H and O–H groups in total. The van der Waals surface area contributed by atoms with Crippen molar-refractivity contribution in [3.05, 3.63) is 76.4 Å². The molecule has 0 bridgehead atoms. The second-order valence-corrected chi connectivity index (χ2v) is 7.86. The minimum Gasteiger partial charge on any atom is -0.434 e. The minimum atomic E-state index is -0.517. The van der Waals surface area contributed by atoms with Crippen molar-refractivity contribution in [3.63, 3.8) is 0 Å². The molecule has 0 unspecified atom stereocenters. The van der Waals surface area contributed by atoms with Gasteiger partial charge in [-0.2, -0.15) is 4.98 Å². The third kappa shape index (κ3) is 4.46. The first-order valence-corrected chi connectivity index (χ1v) is 10.5. The second-order valence-electron chi connectivity index (χ2n) is 7.86. The number of nitrogens with zero attached hydrogens (tertiary/aromatic N) is 5. The van der Waals surface area contributed by atoms with Gasteiger partial charge in [-0.25, -0.2) is 9.37 Å². The van der Waals surface area contributed by atoms with Crippen molar-refractivity contribution in [3.8, 4) is 11.6 Å². The van der Waals surface area contributed by atoms with Crippen molar-refractivity contribution >= 4 is 17.2 Å². The summed E-state index contributed by atoms with van der Waals surface area (Å²) in [5, 5.41) is 11.9. The predicted octanol–water partition coefficient (Wildman–Crippen LogP) is 4.77. The number of ether oxygens (including phenoxy) is 1. The molecular weight excluding hydrogens is 413 g/mol. The molecule has 0 amide bonds. The molecule has 1 fully saturated rings. The van der Waals surface area contributed by atoms with Crippen LogP contribution in [0.3, 0.4) is 0 Å². The molecule has 1 aliphatic rings. The highest BCUT2D eigenvalue weighted by Gasteiger charge is 2.31. The monoisotopic (exact) mass is 437 g/mol. The topological polar surface area (TPSA) is 84.6 Å². The number of benzene rings is 2. The molecule has 0 saturated carbocycles. The summed E-state index contributed by atoms with van der Waals surface area (Å²) in [4.78, 5) is 23.3. The third-order valence-electron chi connectivity index (χ3n) is 5.49. The minimum absolute atomic E-state index is 0.103. The third-order valence-corrected chi connectivity index (χ3v) is 5.49. The smallest absolute Gasteiger partial charge is 0.373 e. The van der Waals surface area contributed by atoms with Crippen LogP contribution in [0.2, 0.25) is 0 Å². The van der Waals surface area contributed by atoms with E-state index in [0.717, 1.165) is 5.56 Å². The Labute approximate surface area is 185 Å². The molecule has 0 aliphatic carbocycles. The summed E-state index contributed by atoms with van der Waals surface area (Å²) in [7, 11) is 0. The quantitative estimate of drug-likeness (QED) is 0.406. The number of hydrogen-bond acceptors (Lipinski definition) is 7. The van der Waals surface area contributed by atoms with Crippen LogP contribution in [0.5, 0.6) is 11.6 Å². The van der Waals surface area contributed by atoms with Crippen LogP contribution in [-0.2, 0) is 0 Å². The van der Waals surface area contributed by atoms with Gasteiger partial charge in [-0.1, -0.05) is 38.1 Å². The maximum atomic E-state index is 14.1. The van der Waals surface area contributed by atoms with Gasteiger partial charge in [0.2, 0.25) is 5.82 Å². The molecule has 0 spiro atoms. The van der Waals surface area contributed by atoms with Crippen LogP contribution in [-0.4, -0.2) is 41.1 Å². The fraction of sp³-hybridized carbons (Fsp3) is 0.304. The van der Waals surface area contributed by atoms with Gasteiger partial charge in [-0.05, 0) is 35.7 Å². The molecule has 1 saturated heterocycles. The number of hydrogen-bond donors (Lipinski definition) is 0. The summed E-state index contributed by atoms with van der Waals surface area (Å²) in [5.41, 5.74) is 1.39. The highest BCUT2D eigenvalue weighted by Crippen LogP contribution is 2.37. The van der Waals surface area contributed by atoms with Crippen LogP contribution >= 0.6 is 0 Å². The lowest BCUT2D eigenvalue weighted by Gasteiger charge is -2.36. The molecule has 8 nitrogen and oxygen atoms in total. The van der Waals surface area contributed by atoms with Gasteiger partial charge >= 0.3 is 11.6 Å². The van der Waals surface area contributed by atoms with Gasteiger partial charge in [0.15, 0.2) is 0 Å². The van der Waals surface area contributed by atoms with E-state index in [1.807, 2.05) is 21.9 Å². The second kappa shape index (κ2) is 9.17. The number of para-hydroxylation sites is 1. The lowest BCUT2D eigenvalue weighted by Crippen LogP contribution is -2.47. The Bertz CT molecular complexity index is 1100. The maximum absolute atomic E-state index is 14.1. The van der Waals surface area contributed by atoms with Crippen LogP contribution in [0.25, 0.3) is 0 Å². The van der Waals surface area contributed by atoms with Crippen molar-refractivity contribution in [1.29, 1.82) is 0 Å². The Morgan fingerprint density at radius 2 is 1.66 bits per heavy atom. The lowest BCUT2D eigenvalue weighted by atomic mass is 10.0. The first kappa shape index (κ1) is 21.5. The van der Waals surface area contributed by atoms with Gasteiger partial charge in [-0.15, -0.1) is 0 Å². The molecule has 4 rings (SSSR count). The van der Waals surface area contributed by atoms with Gasteiger partial charge in [0.25, 0.3) is 0 Å². The number of aromatic nitrogens is 2. The molecule has 3 aromatic rings. The van der Waals surface area contributed by atoms with E-state index in [2.05, 4.69) is 23.8 Å². The highest BCUT2D eigenvalue weighted by atomic mass is 19.1. The van der Waals surface area contributed by atoms with E-state index in [1.165, 1.54) is 12.4 Å². The average Bonchev–Trinajstić information content (AvgIpc) is 2.79. The normalized spacial score (nSPS) is 14.0. The van der Waals surface area contributed by atoms with E-state index < -0.39 is 4.92 Å². The lowest BCUT2D eigenvalue weighted by molar-refractivity contribution is -0.385. The SMILES string of the molecule is CC(C)c1ccc(Oc2ncnc(N3CCN(c4ccccc4F)CC3)c2[N+](=O)[O-])cc1. The van der Waals surface area contributed by atoms with Gasteiger partial charge in [0.05, 0.1) is 10.6 Å². The Morgan fingerprint density at radius 3 is 2.28 bits per heavy atom. The summed E-state index contributed by atoms with van der Waals surface area (Å²) >= 11 is 0. The van der Waals surface area contributed by atoms with Gasteiger partial charge in [0, 0.05) is 26.2 Å². The highest BCUT2D eigenvalue weighted by molar-refractivity contribution is 5.64. The van der Waals surface area contributed by atoms with E-state index in [1.54, 1.807) is 30.3 Å². The van der Waals surface area contributed by atoms with Crippen molar-refractivity contribution in [2.75, 3.05) is 36.0 Å². The van der Waals surface area contributed by atoms with Crippen molar-refractivity contribution in [1.82, 2.24) is 9.97 Å². The molecule has 1 aromatic heterocycles. The number of nitro groups is 1. The molecule has 9 heteroatoms. The Morgan fingerprint density at radius 1 is 1.00 bits per heavy atom. The summed E-state index contributed by atoms with van der Waals surface area (Å²) in [6.07, 6.45) is 1.27. The van der Waals surface area contributed by atoms with Crippen molar-refractivity contribution in [2.45, 2.75) is 19.8 Å². The molecule has 166 valence electrons. The van der Waals surface area contributed by atoms with Gasteiger partial charge < -0.3 is 14.5 Å². The molecule has 0 atom stereocenters. The molecule has 0 radical (unpaired) electrons. The zero-order valence-electron chi connectivity index (χ0n) is 17.9. The molecule has 2 heterocycles. The predicted molar refractivity (Wildman–Crippen MR) is 120 cm³/mol. The van der Waals surface area contributed by atoms with Crippen LogP contribution in [0.4, 0.5) is 21.6 Å². The fourth-order valence-electron chi connectivity index (χ4n) is 3.72. The molecule has 1 aliphatic heterocycles. The summed E-state index contributed by atoms with van der Waals surface area (Å²) in [6.45, 7) is 6.10. The zero-order chi connectivity index (χ0) is 22.7. The number of anilines is 2. The summed E-state index contributed by atoms with van der Waals surface area (Å²) in [6, 6.07) is 14.0. The number of rotatable bonds is 6. The number of halogens is 1. The van der Waals surface area contributed by atoms with E-state index >= 15 is 0 Å². The first-order valence-electron chi connectivity index (χ1n) is 10.5. The van der Waals surface area contributed by atoms with Gasteiger partial charge in [0.1, 0.15) is 17.9 Å². The Balaban J connectivity index is 1.55. The van der Waals surface area contributed by atoms with E-state index in [0.29, 0.717) is 43.5 Å². The summed E-state index contributed by atoms with van der Waals surface area (Å²) in [5.74, 6) is 0.646. The largest absolute Gasteiger partial charge is 0.434 e. The van der Waals surface area contributed by atoms with E-state index in [-0.39, 0.29) is 23.2 Å². The van der Waals surface area contributed by atoms with Crippen LogP contribution < -0.4 is 14.5 Å². The first-order chi connectivity index (χ1) is 15.4. The molecule has 2 aromatic carbocycles.